The zero-order chi connectivity index (χ0) is 17.9. The monoisotopic (exact) mass is 338 g/mol. The van der Waals surface area contributed by atoms with Gasteiger partial charge < -0.3 is 19.9 Å². The Hall–Kier alpha value is -2.12. The van der Waals surface area contributed by atoms with E-state index < -0.39 is 18.2 Å². The summed E-state index contributed by atoms with van der Waals surface area (Å²) in [4.78, 5) is 23.3. The second kappa shape index (κ2) is 10.6. The second-order valence-corrected chi connectivity index (χ2v) is 5.65. The Labute approximate surface area is 142 Å². The summed E-state index contributed by atoms with van der Waals surface area (Å²) >= 11 is 0. The van der Waals surface area contributed by atoms with Crippen molar-refractivity contribution in [3.8, 4) is 0 Å². The molecule has 0 radical (unpaired) electrons. The van der Waals surface area contributed by atoms with Gasteiger partial charge in [0, 0.05) is 18.3 Å². The van der Waals surface area contributed by atoms with Crippen molar-refractivity contribution in [1.29, 1.82) is 0 Å². The number of amides is 1. The molecular weight excluding hydrogens is 312 g/mol. The Bertz CT molecular complexity index is 516. The summed E-state index contributed by atoms with van der Waals surface area (Å²) in [7, 11) is 0. The van der Waals surface area contributed by atoms with Crippen molar-refractivity contribution in [3.63, 3.8) is 0 Å². The van der Waals surface area contributed by atoms with Gasteiger partial charge in [0.15, 0.2) is 0 Å². The van der Waals surface area contributed by atoms with Crippen molar-refractivity contribution in [3.05, 3.63) is 29.8 Å². The highest BCUT2D eigenvalue weighted by atomic mass is 16.5. The number of nitrogens with one attached hydrogen (secondary N) is 2. The van der Waals surface area contributed by atoms with Gasteiger partial charge in [-0.15, -0.1) is 0 Å². The first kappa shape index (κ1) is 19.9. The smallest absolute Gasteiger partial charge is 0.411 e. The van der Waals surface area contributed by atoms with Gasteiger partial charge in [0.25, 0.3) is 0 Å². The van der Waals surface area contributed by atoms with E-state index in [9.17, 15) is 14.7 Å². The van der Waals surface area contributed by atoms with E-state index in [-0.39, 0.29) is 12.6 Å². The Morgan fingerprint density at radius 3 is 2.42 bits per heavy atom. The van der Waals surface area contributed by atoms with Crippen LogP contribution in [0.1, 0.15) is 37.6 Å². The molecule has 7 heteroatoms. The fourth-order valence-corrected chi connectivity index (χ4v) is 1.72. The molecule has 0 bridgehead atoms. The van der Waals surface area contributed by atoms with Crippen LogP contribution in [0.2, 0.25) is 0 Å². The van der Waals surface area contributed by atoms with Gasteiger partial charge >= 0.3 is 12.1 Å². The van der Waals surface area contributed by atoms with Crippen LogP contribution in [0.25, 0.3) is 0 Å². The summed E-state index contributed by atoms with van der Waals surface area (Å²) in [6.07, 6.45) is -0.546. The first-order chi connectivity index (χ1) is 11.4. The summed E-state index contributed by atoms with van der Waals surface area (Å²) in [5.74, 6) is -0.529. The first-order valence-corrected chi connectivity index (χ1v) is 8.04. The lowest BCUT2D eigenvalue weighted by molar-refractivity contribution is 0.0256. The predicted molar refractivity (Wildman–Crippen MR) is 91.1 cm³/mol. The number of esters is 1. The average molecular weight is 338 g/mol. The van der Waals surface area contributed by atoms with Gasteiger partial charge in [0.2, 0.25) is 0 Å². The zero-order valence-electron chi connectivity index (χ0n) is 14.4. The Morgan fingerprint density at radius 1 is 1.17 bits per heavy atom. The Balaban J connectivity index is 2.41. The number of carbonyl (C=O) groups is 2. The molecule has 0 aliphatic heterocycles. The van der Waals surface area contributed by atoms with Gasteiger partial charge in [-0.05, 0) is 30.7 Å². The summed E-state index contributed by atoms with van der Waals surface area (Å²) in [6.45, 7) is 6.46. The van der Waals surface area contributed by atoms with E-state index >= 15 is 0 Å². The molecule has 3 N–H and O–H groups in total. The molecule has 0 spiro atoms. The van der Waals surface area contributed by atoms with Crippen LogP contribution in [0.3, 0.4) is 0 Å². The fraction of sp³-hybridized carbons (Fsp3) is 0.529. The molecule has 0 fully saturated rings. The topological polar surface area (TPSA) is 96.9 Å². The van der Waals surface area contributed by atoms with Crippen LogP contribution in [0.15, 0.2) is 24.3 Å². The number of benzene rings is 1. The van der Waals surface area contributed by atoms with Gasteiger partial charge in [-0.25, -0.2) is 9.59 Å². The fourth-order valence-electron chi connectivity index (χ4n) is 1.72. The van der Waals surface area contributed by atoms with E-state index in [1.54, 1.807) is 12.1 Å². The molecule has 0 heterocycles. The highest BCUT2D eigenvalue weighted by Gasteiger charge is 2.12. The molecule has 24 heavy (non-hydrogen) atoms. The number of aliphatic hydroxyl groups excluding tert-OH is 1. The highest BCUT2D eigenvalue weighted by molar-refractivity contribution is 5.91. The Kier molecular flexibility index (Phi) is 8.81. The maximum Gasteiger partial charge on any atom is 0.411 e. The van der Waals surface area contributed by atoms with Gasteiger partial charge in [-0.3, -0.25) is 5.32 Å². The van der Waals surface area contributed by atoms with Crippen molar-refractivity contribution in [2.75, 3.05) is 25.1 Å². The van der Waals surface area contributed by atoms with Crippen molar-refractivity contribution in [1.82, 2.24) is 5.32 Å². The van der Waals surface area contributed by atoms with E-state index in [4.69, 9.17) is 9.47 Å². The third kappa shape index (κ3) is 7.94. The maximum atomic E-state index is 11.9. The predicted octanol–water partition coefficient (Wildman–Crippen LogP) is 2.16. The van der Waals surface area contributed by atoms with Gasteiger partial charge in [-0.2, -0.15) is 0 Å². The zero-order valence-corrected chi connectivity index (χ0v) is 14.4. The molecule has 1 rings (SSSR count). The lowest BCUT2D eigenvalue weighted by Crippen LogP contribution is -2.35. The quantitative estimate of drug-likeness (QED) is 0.597. The molecule has 1 amide bonds. The van der Waals surface area contributed by atoms with Crippen LogP contribution in [0.5, 0.6) is 0 Å². The van der Waals surface area contributed by atoms with Crippen LogP contribution < -0.4 is 10.6 Å². The number of carbonyl (C=O) groups excluding carboxylic acids is 2. The molecule has 0 aliphatic carbocycles. The van der Waals surface area contributed by atoms with Crippen LogP contribution in [0.4, 0.5) is 10.5 Å². The molecule has 1 aromatic rings. The maximum absolute atomic E-state index is 11.9. The molecule has 1 unspecified atom stereocenters. The molecule has 0 aliphatic rings. The number of ether oxygens (including phenoxy) is 2. The molecule has 0 saturated heterocycles. The van der Waals surface area contributed by atoms with Gasteiger partial charge in [0.1, 0.15) is 12.7 Å². The Morgan fingerprint density at radius 2 is 1.83 bits per heavy atom. The largest absolute Gasteiger partial charge is 0.459 e. The number of anilines is 1. The highest BCUT2D eigenvalue weighted by Crippen LogP contribution is 2.11. The summed E-state index contributed by atoms with van der Waals surface area (Å²) in [5, 5.41) is 15.3. The van der Waals surface area contributed by atoms with Crippen molar-refractivity contribution >= 4 is 17.7 Å². The normalized spacial score (nSPS) is 11.9. The van der Waals surface area contributed by atoms with E-state index in [0.717, 1.165) is 6.42 Å². The van der Waals surface area contributed by atoms with Crippen LogP contribution in [-0.4, -0.2) is 49.1 Å². The van der Waals surface area contributed by atoms with Crippen molar-refractivity contribution in [2.24, 2.45) is 0 Å². The van der Waals surface area contributed by atoms with Crippen LogP contribution >= 0.6 is 0 Å². The number of hydrogen-bond acceptors (Lipinski definition) is 6. The van der Waals surface area contributed by atoms with Crippen LogP contribution in [0, 0.1) is 0 Å². The summed E-state index contributed by atoms with van der Waals surface area (Å²) in [6, 6.07) is 6.49. The van der Waals surface area contributed by atoms with Gasteiger partial charge in [0.05, 0.1) is 12.2 Å². The van der Waals surface area contributed by atoms with Gasteiger partial charge in [-0.1, -0.05) is 20.8 Å². The van der Waals surface area contributed by atoms with E-state index in [0.29, 0.717) is 24.4 Å². The summed E-state index contributed by atoms with van der Waals surface area (Å²) < 4.78 is 9.96. The molecular formula is C17H26N2O5. The molecule has 134 valence electrons. The minimum Gasteiger partial charge on any atom is -0.459 e. The minimum absolute atomic E-state index is 0.0814. The molecule has 1 atom stereocenters. The molecule has 0 saturated carbocycles. The number of hydrogen-bond donors (Lipinski definition) is 3. The van der Waals surface area contributed by atoms with Crippen LogP contribution in [-0.2, 0) is 9.47 Å². The minimum atomic E-state index is -0.759. The SMILES string of the molecule is CCCOC(=O)Nc1ccc(C(=O)OCC(O)CNC(C)C)cc1. The summed E-state index contributed by atoms with van der Waals surface area (Å²) in [5.41, 5.74) is 0.861. The standard InChI is InChI=1S/C17H26N2O5/c1-4-9-23-17(22)19-14-7-5-13(6-8-14)16(21)24-11-15(20)10-18-12(2)3/h5-8,12,15,18,20H,4,9-11H2,1-3H3,(H,19,22). The average Bonchev–Trinajstić information content (AvgIpc) is 2.56. The number of rotatable bonds is 9. The lowest BCUT2D eigenvalue weighted by atomic mass is 10.2. The van der Waals surface area contributed by atoms with Crippen molar-refractivity contribution in [2.45, 2.75) is 39.3 Å². The van der Waals surface area contributed by atoms with E-state index in [1.807, 2.05) is 20.8 Å². The molecule has 1 aromatic carbocycles. The van der Waals surface area contributed by atoms with E-state index in [2.05, 4.69) is 10.6 Å². The van der Waals surface area contributed by atoms with E-state index in [1.165, 1.54) is 12.1 Å². The first-order valence-electron chi connectivity index (χ1n) is 8.04. The third-order valence-electron chi connectivity index (χ3n) is 2.97. The van der Waals surface area contributed by atoms with Crippen molar-refractivity contribution < 1.29 is 24.2 Å². The second-order valence-electron chi connectivity index (χ2n) is 5.65. The third-order valence-corrected chi connectivity index (χ3v) is 2.97. The molecule has 0 aromatic heterocycles. The number of aliphatic hydroxyl groups is 1. The lowest BCUT2D eigenvalue weighted by Gasteiger charge is -2.14. The molecule has 7 nitrogen and oxygen atoms in total.